The van der Waals surface area contributed by atoms with Gasteiger partial charge in [0, 0.05) is 130 Å². The molecule has 9 aromatic carbocycles. The van der Waals surface area contributed by atoms with Crippen LogP contribution in [0.4, 0.5) is 0 Å². The van der Waals surface area contributed by atoms with E-state index in [0.717, 1.165) is 170 Å². The van der Waals surface area contributed by atoms with E-state index >= 15 is 0 Å². The van der Waals surface area contributed by atoms with Crippen LogP contribution in [-0.2, 0) is 79.6 Å². The smallest absolute Gasteiger partial charge is 0.216 e. The maximum atomic E-state index is 6.00. The van der Waals surface area contributed by atoms with Crippen molar-refractivity contribution in [3.8, 4) is 101 Å². The molecule has 0 spiro atoms. The maximum Gasteiger partial charge on any atom is 0.216 e. The molecule has 0 amide bonds. The minimum atomic E-state index is -1.34. The van der Waals surface area contributed by atoms with Gasteiger partial charge in [0.05, 0.1) is 58.1 Å². The molecule has 21 aromatic rings. The maximum absolute atomic E-state index is 6.00. The Hall–Kier alpha value is -12.7. The van der Waals surface area contributed by atoms with Crippen LogP contribution in [-0.4, -0.2) is 69.1 Å². The first-order chi connectivity index (χ1) is 67.0. The Morgan fingerprint density at radius 2 is 0.577 bits per heavy atom. The third-order valence-electron chi connectivity index (χ3n) is 24.1. The van der Waals surface area contributed by atoms with Crippen LogP contribution in [0.2, 0.25) is 58.9 Å². The van der Waals surface area contributed by atoms with Crippen molar-refractivity contribution in [3.63, 3.8) is 0 Å². The molecule has 18 heteroatoms. The van der Waals surface area contributed by atoms with E-state index in [4.69, 9.17) is 23.2 Å². The molecule has 0 N–H and O–H groups in total. The second kappa shape index (κ2) is 48.4. The molecule has 0 saturated carbocycles. The topological polar surface area (TPSA) is 155 Å². The van der Waals surface area contributed by atoms with Gasteiger partial charge in [-0.2, -0.15) is 0 Å². The molecule has 0 bridgehead atoms. The molecule has 12 aromatic heterocycles. The Morgan fingerprint density at radius 3 is 0.880 bits per heavy atom. The molecule has 3 radical (unpaired) electrons. The van der Waals surface area contributed by atoms with Crippen molar-refractivity contribution in [1.82, 2.24) is 44.9 Å². The van der Waals surface area contributed by atoms with Gasteiger partial charge < -0.3 is 43.2 Å². The Kier molecular flexibility index (Phi) is 36.3. The summed E-state index contributed by atoms with van der Waals surface area (Å²) in [4.78, 5) is 41.6. The summed E-state index contributed by atoms with van der Waals surface area (Å²) >= 11 is 0. The van der Waals surface area contributed by atoms with Gasteiger partial charge in [-0.15, -0.1) is 179 Å². The fourth-order valence-corrected chi connectivity index (χ4v) is 21.9. The zero-order chi connectivity index (χ0) is 97.5. The van der Waals surface area contributed by atoms with Crippen molar-refractivity contribution in [1.29, 1.82) is 0 Å². The molecule has 0 aliphatic rings. The number of nitrogens with zero attached hydrogens (tertiary/aromatic N) is 9. The van der Waals surface area contributed by atoms with Crippen molar-refractivity contribution in [2.24, 2.45) is 17.8 Å². The predicted octanol–water partition coefficient (Wildman–Crippen LogP) is 30.8. The van der Waals surface area contributed by atoms with E-state index in [1.807, 2.05) is 207 Å². The molecule has 723 valence electrons. The summed E-state index contributed by atoms with van der Waals surface area (Å²) in [5.41, 5.74) is 29.1. The first-order valence-corrected chi connectivity index (χ1v) is 58.6. The Bertz CT molecular complexity index is 7490. The first-order valence-electron chi connectivity index (χ1n) is 48.1. The number of benzene rings is 9. The van der Waals surface area contributed by atoms with Crippen LogP contribution in [0.5, 0.6) is 0 Å². The van der Waals surface area contributed by atoms with Crippen LogP contribution in [0.15, 0.2) is 348 Å². The van der Waals surface area contributed by atoms with Crippen molar-refractivity contribution < 1.29 is 73.6 Å². The van der Waals surface area contributed by atoms with E-state index in [-0.39, 0.29) is 60.3 Å². The van der Waals surface area contributed by atoms with Gasteiger partial charge in [0.15, 0.2) is 0 Å². The molecule has 21 rings (SSSR count). The van der Waals surface area contributed by atoms with Crippen molar-refractivity contribution in [2.45, 2.75) is 146 Å². The van der Waals surface area contributed by atoms with Crippen molar-refractivity contribution >= 4 is 106 Å². The van der Waals surface area contributed by atoms with Gasteiger partial charge in [-0.05, 0) is 154 Å². The van der Waals surface area contributed by atoms with Crippen LogP contribution < -0.4 is 15.6 Å². The molecular formula is C124H119Ir3N9O3Si3-6. The summed E-state index contributed by atoms with van der Waals surface area (Å²) in [6, 6.07) is 119. The van der Waals surface area contributed by atoms with Crippen LogP contribution in [0, 0.1) is 61.1 Å². The van der Waals surface area contributed by atoms with Gasteiger partial charge in [0.2, 0.25) is 17.1 Å². The molecule has 0 aliphatic carbocycles. The van der Waals surface area contributed by atoms with Crippen molar-refractivity contribution in [3.05, 3.63) is 399 Å². The SMILES string of the molecule is CC(C)Cc1cc(-c2[c-]cccc2)ncc1[Si](C)(C)C.CC(C)Cc1cc(-c2[c-]cccc2)ncc1[Si](C)(C)C.CC(C)Cc1cc(-c2[c-]cccc2)ncc1[Si](C)(C)C.CC(C)c1ccnc(-c2[c-]cc3oc4nc(-c5ccccc5)ccc4c3c2)c1.Cc1ccnc(-c2[c-]cc3oc4nc(-c5ccccc5)ccc4c3c2)c1.[Ir].[Ir].[Ir].[c-]1cc2oc3nc(-c4ccccc4)ccc3c2cc1-c1ccccn1. The zero-order valence-corrected chi connectivity index (χ0v) is 94.1. The van der Waals surface area contributed by atoms with E-state index in [1.54, 1.807) is 6.20 Å². The summed E-state index contributed by atoms with van der Waals surface area (Å²) < 4.78 is 17.9. The number of fused-ring (bicyclic) bond motifs is 9. The number of furan rings is 3. The minimum absolute atomic E-state index is 0. The second-order valence-corrected chi connectivity index (χ2v) is 55.2. The van der Waals surface area contributed by atoms with E-state index < -0.39 is 24.2 Å². The molecule has 12 nitrogen and oxygen atoms in total. The van der Waals surface area contributed by atoms with E-state index in [2.05, 4.69) is 314 Å². The fraction of sp³-hybridized carbons (Fsp3) is 0.202. The largest absolute Gasteiger partial charge is 0.486 e. The normalized spacial score (nSPS) is 11.3. The molecular weight excluding hydrogens is 2320 g/mol. The van der Waals surface area contributed by atoms with E-state index in [1.165, 1.54) is 43.4 Å². The predicted molar refractivity (Wildman–Crippen MR) is 586 cm³/mol. The number of hydrogen-bond acceptors (Lipinski definition) is 12. The average Bonchev–Trinajstić information content (AvgIpc) is 1.59. The van der Waals surface area contributed by atoms with E-state index in [0.29, 0.717) is 40.8 Å². The number of rotatable bonds is 19. The summed E-state index contributed by atoms with van der Waals surface area (Å²) in [6.45, 7) is 41.6. The standard InChI is InChI=1S/C25H19N2O.C23H15N2O.C22H13N2O.3C18H24NSi.3Ir/c1-16(2)18-12-13-26-23(15-18)19-8-11-24-21(14-19)20-9-10-22(27-25(20)28-24)17-6-4-3-5-7-17;1-15-11-12-24-21(13-15)17-7-10-22-19(14-17)18-8-9-20(25-23(18)26-22)16-5-3-2-4-6-16;1-2-6-15(7-3-1)20-11-10-17-18-14-16(19-8-4-5-13-23-19)9-12-21(18)25-22(17)24-20;3*1-14(2)11-16-12-17(15-9-7-6-8-10-15)19-13-18(16)20(3,4)5;;;/h3-7,9-16H,1-2H3;2-6,8-14H,1H3;1-8,10-14H;3*6-9,12-14H,11H2,1-5H3;;;/q6*-1;;;. The van der Waals surface area contributed by atoms with Gasteiger partial charge in [0.1, 0.15) is 0 Å². The minimum Gasteiger partial charge on any atom is -0.486 e. The zero-order valence-electron chi connectivity index (χ0n) is 83.9. The van der Waals surface area contributed by atoms with Crippen LogP contribution in [0.25, 0.3) is 168 Å². The summed E-state index contributed by atoms with van der Waals surface area (Å²) in [5, 5.41) is 10.6. The van der Waals surface area contributed by atoms with Crippen LogP contribution >= 0.6 is 0 Å². The Labute approximate surface area is 880 Å². The monoisotopic (exact) mass is 2440 g/mol. The summed E-state index contributed by atoms with van der Waals surface area (Å²) in [6.07, 6.45) is 15.2. The average molecular weight is 2440 g/mol. The van der Waals surface area contributed by atoms with E-state index in [9.17, 15) is 0 Å². The Morgan fingerprint density at radius 1 is 0.268 bits per heavy atom. The van der Waals surface area contributed by atoms with Crippen molar-refractivity contribution in [2.75, 3.05) is 0 Å². The number of hydrogen-bond donors (Lipinski definition) is 0. The molecule has 0 saturated heterocycles. The molecule has 0 atom stereocenters. The molecule has 0 aliphatic heterocycles. The fourth-order valence-electron chi connectivity index (χ4n) is 17.2. The quantitative estimate of drug-likeness (QED) is 0.0559. The Balaban J connectivity index is 0.000000143. The summed E-state index contributed by atoms with van der Waals surface area (Å²) in [7, 11) is -4.02. The van der Waals surface area contributed by atoms with Crippen LogP contribution in [0.3, 0.4) is 0 Å². The van der Waals surface area contributed by atoms with Gasteiger partial charge >= 0.3 is 0 Å². The third kappa shape index (κ3) is 27.0. The second-order valence-electron chi connectivity index (χ2n) is 40.0. The van der Waals surface area contributed by atoms with Crippen LogP contribution in [0.1, 0.15) is 89.1 Å². The molecule has 142 heavy (non-hydrogen) atoms. The first kappa shape index (κ1) is 107. The molecule has 0 fully saturated rings. The third-order valence-corrected chi connectivity index (χ3v) is 30.3. The van der Waals surface area contributed by atoms with Gasteiger partial charge in [0.25, 0.3) is 0 Å². The van der Waals surface area contributed by atoms with Gasteiger partial charge in [-0.1, -0.05) is 292 Å². The summed E-state index contributed by atoms with van der Waals surface area (Å²) in [5.74, 6) is 2.46. The number of pyridine rings is 9. The molecule has 0 unspecified atom stereocenters. The molecule has 12 heterocycles. The number of aromatic nitrogens is 9. The van der Waals surface area contributed by atoms with Gasteiger partial charge in [-0.3, -0.25) is 0 Å². The van der Waals surface area contributed by atoms with Gasteiger partial charge in [-0.25, -0.2) is 15.0 Å². The number of aryl methyl sites for hydroxylation is 1.